The molecule has 0 heterocycles. The van der Waals surface area contributed by atoms with Gasteiger partial charge in [-0.1, -0.05) is 89.0 Å². The van der Waals surface area contributed by atoms with E-state index in [0.717, 1.165) is 34.8 Å². The molecule has 206 valence electrons. The van der Waals surface area contributed by atoms with Crippen LogP contribution in [0, 0.1) is 17.8 Å². The summed E-state index contributed by atoms with van der Waals surface area (Å²) in [4.78, 5) is 2.35. The van der Waals surface area contributed by atoms with E-state index in [1.807, 2.05) is 0 Å². The van der Waals surface area contributed by atoms with Crippen LogP contribution in [0.25, 0.3) is 0 Å². The van der Waals surface area contributed by atoms with Gasteiger partial charge in [0.05, 0.1) is 15.7 Å². The molecule has 39 heavy (non-hydrogen) atoms. The lowest BCUT2D eigenvalue weighted by Crippen LogP contribution is -2.48. The quantitative estimate of drug-likeness (QED) is 0.307. The zero-order chi connectivity index (χ0) is 27.7. The average Bonchev–Trinajstić information content (AvgIpc) is 2.85. The molecule has 0 spiro atoms. The number of anilines is 3. The van der Waals surface area contributed by atoms with E-state index in [1.165, 1.54) is 55.2 Å². The monoisotopic (exact) mass is 559 g/mol. The Kier molecular flexibility index (Phi) is 6.67. The maximum absolute atomic E-state index is 7.15. The topological polar surface area (TPSA) is 3.24 Å². The number of nitrogens with zero attached hydrogens (tertiary/aromatic N) is 1. The van der Waals surface area contributed by atoms with Crippen LogP contribution in [-0.4, -0.2) is 0 Å². The van der Waals surface area contributed by atoms with Gasteiger partial charge in [0.2, 0.25) is 0 Å². The van der Waals surface area contributed by atoms with E-state index in [1.54, 1.807) is 0 Å². The van der Waals surface area contributed by atoms with Crippen LogP contribution in [0.1, 0.15) is 96.8 Å². The Labute approximate surface area is 245 Å². The maximum Gasteiger partial charge on any atom is 0.0833 e. The second-order valence-corrected chi connectivity index (χ2v) is 15.7. The fourth-order valence-corrected chi connectivity index (χ4v) is 8.57. The summed E-state index contributed by atoms with van der Waals surface area (Å²) in [7, 11) is 0. The first-order chi connectivity index (χ1) is 18.3. The predicted molar refractivity (Wildman–Crippen MR) is 168 cm³/mol. The molecule has 0 unspecified atom stereocenters. The lowest BCUT2D eigenvalue weighted by molar-refractivity contribution is -0.00516. The molecule has 0 N–H and O–H groups in total. The third-order valence-corrected chi connectivity index (χ3v) is 10.6. The van der Waals surface area contributed by atoms with Crippen molar-refractivity contribution in [2.75, 3.05) is 4.90 Å². The number of hydrogen-bond donors (Lipinski definition) is 0. The highest BCUT2D eigenvalue weighted by molar-refractivity contribution is 6.44. The van der Waals surface area contributed by atoms with Gasteiger partial charge in [-0.25, -0.2) is 0 Å². The Bertz CT molecular complexity index is 1300. The molecule has 7 rings (SSSR count). The van der Waals surface area contributed by atoms with Gasteiger partial charge in [-0.2, -0.15) is 0 Å². The van der Waals surface area contributed by atoms with Gasteiger partial charge >= 0.3 is 0 Å². The fourth-order valence-electron chi connectivity index (χ4n) is 8.16. The summed E-state index contributed by atoms with van der Waals surface area (Å²) >= 11 is 14.2. The number of benzene rings is 3. The highest BCUT2D eigenvalue weighted by Gasteiger charge is 2.51. The molecule has 0 aliphatic heterocycles. The fraction of sp³-hybridized carbons (Fsp3) is 0.500. The van der Waals surface area contributed by atoms with Crippen LogP contribution >= 0.6 is 23.2 Å². The molecule has 1 nitrogen and oxygen atoms in total. The molecule has 0 saturated heterocycles. The average molecular weight is 561 g/mol. The van der Waals surface area contributed by atoms with Crippen molar-refractivity contribution in [1.29, 1.82) is 0 Å². The smallest absolute Gasteiger partial charge is 0.0833 e. The summed E-state index contributed by atoms with van der Waals surface area (Å²) in [5.41, 5.74) is 7.55. The second kappa shape index (κ2) is 9.56. The van der Waals surface area contributed by atoms with Gasteiger partial charge in [0.1, 0.15) is 0 Å². The molecule has 4 bridgehead atoms. The van der Waals surface area contributed by atoms with Gasteiger partial charge in [-0.3, -0.25) is 0 Å². The van der Waals surface area contributed by atoms with Crippen LogP contribution in [0.2, 0.25) is 10.0 Å². The van der Waals surface area contributed by atoms with Crippen LogP contribution in [0.4, 0.5) is 17.1 Å². The van der Waals surface area contributed by atoms with Crippen molar-refractivity contribution in [3.8, 4) is 0 Å². The molecule has 3 aromatic carbocycles. The Balaban J connectivity index is 1.54. The lowest BCUT2D eigenvalue weighted by Gasteiger charge is -2.57. The molecule has 4 aliphatic rings. The summed E-state index contributed by atoms with van der Waals surface area (Å²) in [6.07, 6.45) is 8.19. The predicted octanol–water partition coefficient (Wildman–Crippen LogP) is 11.5. The molecule has 4 fully saturated rings. The first-order valence-corrected chi connectivity index (χ1v) is 15.6. The van der Waals surface area contributed by atoms with Crippen LogP contribution in [0.5, 0.6) is 0 Å². The SMILES string of the molecule is CC(C)(C)c1cccc(N(c2cccc(C(C)(C)C)c2)c2cc(C34CC5CC(CC(C5)C3)C4)cc(Cl)c2Cl)c1. The molecule has 0 amide bonds. The minimum atomic E-state index is 0.0391. The summed E-state index contributed by atoms with van der Waals surface area (Å²) in [6.45, 7) is 13.6. The molecule has 4 saturated carbocycles. The number of halogens is 2. The molecular weight excluding hydrogens is 517 g/mol. The van der Waals surface area contributed by atoms with Crippen molar-refractivity contribution in [2.24, 2.45) is 17.8 Å². The van der Waals surface area contributed by atoms with E-state index in [4.69, 9.17) is 23.2 Å². The van der Waals surface area contributed by atoms with Gasteiger partial charge in [-0.15, -0.1) is 0 Å². The molecular formula is C36H43Cl2N. The normalized spacial score (nSPS) is 26.2. The van der Waals surface area contributed by atoms with Crippen LogP contribution in [-0.2, 0) is 16.2 Å². The second-order valence-electron chi connectivity index (χ2n) is 14.9. The van der Waals surface area contributed by atoms with Crippen molar-refractivity contribution in [2.45, 2.75) is 96.3 Å². The molecule has 3 aromatic rings. The molecule has 3 heteroatoms. The van der Waals surface area contributed by atoms with Crippen molar-refractivity contribution < 1.29 is 0 Å². The molecule has 0 aromatic heterocycles. The minimum Gasteiger partial charge on any atom is -0.309 e. The van der Waals surface area contributed by atoms with Gasteiger partial charge < -0.3 is 4.90 Å². The van der Waals surface area contributed by atoms with Crippen molar-refractivity contribution in [3.63, 3.8) is 0 Å². The maximum atomic E-state index is 7.15. The van der Waals surface area contributed by atoms with E-state index in [9.17, 15) is 0 Å². The molecule has 4 aliphatic carbocycles. The third kappa shape index (κ3) is 5.04. The summed E-state index contributed by atoms with van der Waals surface area (Å²) in [5.74, 6) is 2.62. The van der Waals surface area contributed by atoms with E-state index in [-0.39, 0.29) is 16.2 Å². The van der Waals surface area contributed by atoms with Gasteiger partial charge in [0, 0.05) is 11.4 Å². The van der Waals surface area contributed by atoms with Crippen molar-refractivity contribution >= 4 is 40.3 Å². The summed E-state index contributed by atoms with van der Waals surface area (Å²) < 4.78 is 0. The van der Waals surface area contributed by atoms with E-state index in [0.29, 0.717) is 10.0 Å². The Morgan fingerprint density at radius 2 is 1.13 bits per heavy atom. The van der Waals surface area contributed by atoms with Gasteiger partial charge in [0.25, 0.3) is 0 Å². The largest absolute Gasteiger partial charge is 0.309 e. The summed E-state index contributed by atoms with van der Waals surface area (Å²) in [6, 6.07) is 22.5. The van der Waals surface area contributed by atoms with Crippen LogP contribution < -0.4 is 4.90 Å². The zero-order valence-electron chi connectivity index (χ0n) is 24.5. The molecule has 0 atom stereocenters. The van der Waals surface area contributed by atoms with Crippen LogP contribution in [0.3, 0.4) is 0 Å². The van der Waals surface area contributed by atoms with Gasteiger partial charge in [0.15, 0.2) is 0 Å². The Morgan fingerprint density at radius 1 is 0.667 bits per heavy atom. The lowest BCUT2D eigenvalue weighted by atomic mass is 9.48. The standard InChI is InChI=1S/C36H43Cl2N/c1-34(2,3)26-9-7-11-29(16-26)39(30-12-8-10-27(17-30)35(4,5)6)32-19-28(18-31(37)33(32)38)36-20-23-13-24(21-36)15-25(14-23)22-36/h7-12,16-19,23-25H,13-15,20-22H2,1-6H3. The minimum absolute atomic E-state index is 0.0391. The van der Waals surface area contributed by atoms with Crippen molar-refractivity contribution in [1.82, 2.24) is 0 Å². The first kappa shape index (κ1) is 27.2. The van der Waals surface area contributed by atoms with E-state index in [2.05, 4.69) is 107 Å². The zero-order valence-corrected chi connectivity index (χ0v) is 26.0. The third-order valence-electron chi connectivity index (χ3n) is 9.84. The Morgan fingerprint density at radius 3 is 1.56 bits per heavy atom. The van der Waals surface area contributed by atoms with Crippen LogP contribution in [0.15, 0.2) is 60.7 Å². The van der Waals surface area contributed by atoms with Crippen molar-refractivity contribution in [3.05, 3.63) is 87.4 Å². The molecule has 0 radical (unpaired) electrons. The Hall–Kier alpha value is -1.96. The summed E-state index contributed by atoms with van der Waals surface area (Å²) in [5, 5.41) is 1.30. The number of hydrogen-bond acceptors (Lipinski definition) is 1. The first-order valence-electron chi connectivity index (χ1n) is 14.8. The van der Waals surface area contributed by atoms with E-state index < -0.39 is 0 Å². The highest BCUT2D eigenvalue weighted by Crippen LogP contribution is 2.61. The number of rotatable bonds is 4. The highest BCUT2D eigenvalue weighted by atomic mass is 35.5. The van der Waals surface area contributed by atoms with E-state index >= 15 is 0 Å². The van der Waals surface area contributed by atoms with Gasteiger partial charge in [-0.05, 0) is 126 Å².